The molecule has 0 fully saturated rings. The van der Waals surface area contributed by atoms with Gasteiger partial charge in [-0.1, -0.05) is 23.7 Å². The first-order chi connectivity index (χ1) is 11.1. The minimum atomic E-state index is -0.111. The number of ether oxygens (including phenoxy) is 1. The van der Waals surface area contributed by atoms with Gasteiger partial charge in [0.15, 0.2) is 5.13 Å². The van der Waals surface area contributed by atoms with Crippen LogP contribution in [0.25, 0.3) is 0 Å². The second kappa shape index (κ2) is 10.6. The van der Waals surface area contributed by atoms with E-state index in [1.807, 2.05) is 19.1 Å². The van der Waals surface area contributed by atoms with Gasteiger partial charge in [0.1, 0.15) is 0 Å². The standard InChI is InChI=1S/C16H20ClN3O2S.ClH/c1-11-3-4-12(8-14(11)17)7-13-9-19-16(23-13)20-15(21)10-18-5-6-22-2;/h3-4,8-9,18H,5-7,10H2,1-2H3,(H,19,20,21);1H. The molecule has 1 aromatic carbocycles. The van der Waals surface area contributed by atoms with E-state index in [1.54, 1.807) is 13.3 Å². The fourth-order valence-electron chi connectivity index (χ4n) is 1.93. The second-order valence-corrected chi connectivity index (χ2v) is 6.63. The molecule has 132 valence electrons. The molecule has 2 aromatic rings. The van der Waals surface area contributed by atoms with Gasteiger partial charge in [0.05, 0.1) is 13.2 Å². The van der Waals surface area contributed by atoms with Crippen LogP contribution in [0.15, 0.2) is 24.4 Å². The lowest BCUT2D eigenvalue weighted by molar-refractivity contribution is -0.115. The second-order valence-electron chi connectivity index (χ2n) is 5.11. The smallest absolute Gasteiger partial charge is 0.240 e. The zero-order valence-corrected chi connectivity index (χ0v) is 16.0. The predicted molar refractivity (Wildman–Crippen MR) is 102 cm³/mol. The molecular formula is C16H21Cl2N3O2S. The van der Waals surface area contributed by atoms with Crippen LogP contribution in [-0.2, 0) is 16.0 Å². The number of thiazole rings is 1. The van der Waals surface area contributed by atoms with Gasteiger partial charge in [0.2, 0.25) is 5.91 Å². The Morgan fingerprint density at radius 2 is 2.21 bits per heavy atom. The summed E-state index contributed by atoms with van der Waals surface area (Å²) in [6.45, 7) is 3.44. The normalized spacial score (nSPS) is 10.3. The van der Waals surface area contributed by atoms with Gasteiger partial charge < -0.3 is 15.4 Å². The van der Waals surface area contributed by atoms with Crippen LogP contribution >= 0.6 is 35.3 Å². The maximum absolute atomic E-state index is 11.8. The minimum Gasteiger partial charge on any atom is -0.383 e. The van der Waals surface area contributed by atoms with Gasteiger partial charge in [-0.25, -0.2) is 4.98 Å². The molecule has 1 aromatic heterocycles. The Balaban J connectivity index is 0.00000288. The first-order valence-corrected chi connectivity index (χ1v) is 8.47. The van der Waals surface area contributed by atoms with Crippen LogP contribution in [0.5, 0.6) is 0 Å². The van der Waals surface area contributed by atoms with Gasteiger partial charge in [-0.05, 0) is 24.1 Å². The van der Waals surface area contributed by atoms with E-state index in [0.29, 0.717) is 18.3 Å². The fraction of sp³-hybridized carbons (Fsp3) is 0.375. The lowest BCUT2D eigenvalue weighted by Crippen LogP contribution is -2.30. The highest BCUT2D eigenvalue weighted by Gasteiger charge is 2.07. The number of aryl methyl sites for hydroxylation is 1. The number of rotatable bonds is 8. The van der Waals surface area contributed by atoms with Crippen LogP contribution in [0, 0.1) is 6.92 Å². The molecule has 0 bridgehead atoms. The van der Waals surface area contributed by atoms with Crippen molar-refractivity contribution in [1.29, 1.82) is 0 Å². The van der Waals surface area contributed by atoms with E-state index >= 15 is 0 Å². The van der Waals surface area contributed by atoms with Gasteiger partial charge in [-0.15, -0.1) is 23.7 Å². The van der Waals surface area contributed by atoms with Gasteiger partial charge in [0, 0.05) is 36.2 Å². The highest BCUT2D eigenvalue weighted by atomic mass is 35.5. The van der Waals surface area contributed by atoms with Crippen molar-refractivity contribution in [1.82, 2.24) is 10.3 Å². The van der Waals surface area contributed by atoms with Crippen LogP contribution in [0.4, 0.5) is 5.13 Å². The Kier molecular flexibility index (Phi) is 9.25. The Bertz CT molecular complexity index is 665. The molecular weight excluding hydrogens is 369 g/mol. The van der Waals surface area contributed by atoms with E-state index in [2.05, 4.69) is 21.7 Å². The summed E-state index contributed by atoms with van der Waals surface area (Å²) < 4.78 is 4.90. The van der Waals surface area contributed by atoms with Gasteiger partial charge >= 0.3 is 0 Å². The molecule has 0 aliphatic carbocycles. The highest BCUT2D eigenvalue weighted by molar-refractivity contribution is 7.15. The molecule has 0 saturated heterocycles. The number of amides is 1. The number of aromatic nitrogens is 1. The third-order valence-electron chi connectivity index (χ3n) is 3.18. The minimum absolute atomic E-state index is 0. The Hall–Kier alpha value is -1.18. The lowest BCUT2D eigenvalue weighted by Gasteiger charge is -2.03. The third kappa shape index (κ3) is 6.75. The number of methoxy groups -OCH3 is 1. The largest absolute Gasteiger partial charge is 0.383 e. The zero-order chi connectivity index (χ0) is 16.7. The summed E-state index contributed by atoms with van der Waals surface area (Å²) in [4.78, 5) is 17.1. The van der Waals surface area contributed by atoms with Crippen LogP contribution in [0.1, 0.15) is 16.0 Å². The summed E-state index contributed by atoms with van der Waals surface area (Å²) in [5.74, 6) is -0.111. The van der Waals surface area contributed by atoms with Crippen molar-refractivity contribution < 1.29 is 9.53 Å². The van der Waals surface area contributed by atoms with E-state index in [1.165, 1.54) is 11.3 Å². The first-order valence-electron chi connectivity index (χ1n) is 7.27. The van der Waals surface area contributed by atoms with Gasteiger partial charge in [-0.2, -0.15) is 0 Å². The molecule has 24 heavy (non-hydrogen) atoms. The van der Waals surface area contributed by atoms with Crippen molar-refractivity contribution in [3.05, 3.63) is 45.4 Å². The van der Waals surface area contributed by atoms with Crippen LogP contribution < -0.4 is 10.6 Å². The van der Waals surface area contributed by atoms with E-state index in [-0.39, 0.29) is 24.9 Å². The molecule has 0 atom stereocenters. The van der Waals surface area contributed by atoms with E-state index in [0.717, 1.165) is 27.4 Å². The van der Waals surface area contributed by atoms with Crippen molar-refractivity contribution in [2.75, 3.05) is 32.1 Å². The van der Waals surface area contributed by atoms with Crippen molar-refractivity contribution in [2.24, 2.45) is 0 Å². The number of hydrogen-bond acceptors (Lipinski definition) is 5. The summed E-state index contributed by atoms with van der Waals surface area (Å²) >= 11 is 7.61. The Morgan fingerprint density at radius 3 is 2.92 bits per heavy atom. The third-order valence-corrected chi connectivity index (χ3v) is 4.50. The van der Waals surface area contributed by atoms with E-state index in [9.17, 15) is 4.79 Å². The average Bonchev–Trinajstić information content (AvgIpc) is 2.94. The zero-order valence-electron chi connectivity index (χ0n) is 13.6. The molecule has 2 N–H and O–H groups in total. The summed E-state index contributed by atoms with van der Waals surface area (Å²) in [7, 11) is 1.63. The Morgan fingerprint density at radius 1 is 1.42 bits per heavy atom. The maximum Gasteiger partial charge on any atom is 0.240 e. The van der Waals surface area contributed by atoms with Crippen molar-refractivity contribution >= 4 is 46.4 Å². The number of nitrogens with zero attached hydrogens (tertiary/aromatic N) is 1. The number of carbonyl (C=O) groups is 1. The number of benzene rings is 1. The van der Waals surface area contributed by atoms with Crippen LogP contribution in [0.3, 0.4) is 0 Å². The summed E-state index contributed by atoms with van der Waals surface area (Å²) in [6, 6.07) is 6.03. The molecule has 1 heterocycles. The quantitative estimate of drug-likeness (QED) is 0.679. The van der Waals surface area contributed by atoms with Crippen molar-refractivity contribution in [3.63, 3.8) is 0 Å². The summed E-state index contributed by atoms with van der Waals surface area (Å²) in [6.07, 6.45) is 2.53. The monoisotopic (exact) mass is 389 g/mol. The molecule has 8 heteroatoms. The van der Waals surface area contributed by atoms with Gasteiger partial charge in [-0.3, -0.25) is 4.79 Å². The first kappa shape index (κ1) is 20.9. The molecule has 0 unspecified atom stereocenters. The molecule has 0 radical (unpaired) electrons. The molecule has 2 rings (SSSR count). The number of hydrogen-bond donors (Lipinski definition) is 2. The van der Waals surface area contributed by atoms with Gasteiger partial charge in [0.25, 0.3) is 0 Å². The van der Waals surface area contributed by atoms with Crippen molar-refractivity contribution in [2.45, 2.75) is 13.3 Å². The Labute approximate surface area is 157 Å². The molecule has 0 aliphatic rings. The molecule has 0 aliphatic heterocycles. The SMILES string of the molecule is COCCNCC(=O)Nc1ncc(Cc2ccc(C)c(Cl)c2)s1.Cl. The van der Waals surface area contributed by atoms with Crippen molar-refractivity contribution in [3.8, 4) is 0 Å². The number of carbonyl (C=O) groups excluding carboxylic acids is 1. The molecule has 0 saturated carbocycles. The number of halogens is 2. The summed E-state index contributed by atoms with van der Waals surface area (Å²) in [5, 5.41) is 7.15. The summed E-state index contributed by atoms with van der Waals surface area (Å²) in [5.41, 5.74) is 2.19. The molecule has 1 amide bonds. The highest BCUT2D eigenvalue weighted by Crippen LogP contribution is 2.23. The molecule has 5 nitrogen and oxygen atoms in total. The predicted octanol–water partition coefficient (Wildman–Crippen LogP) is 3.29. The maximum atomic E-state index is 11.8. The fourth-order valence-corrected chi connectivity index (χ4v) is 3.00. The average molecular weight is 390 g/mol. The van der Waals surface area contributed by atoms with E-state index < -0.39 is 0 Å². The van der Waals surface area contributed by atoms with E-state index in [4.69, 9.17) is 16.3 Å². The van der Waals surface area contributed by atoms with Crippen LogP contribution in [0.2, 0.25) is 5.02 Å². The number of nitrogens with one attached hydrogen (secondary N) is 2. The topological polar surface area (TPSA) is 63.2 Å². The molecule has 0 spiro atoms. The number of anilines is 1. The van der Waals surface area contributed by atoms with Crippen LogP contribution in [-0.4, -0.2) is 37.7 Å². The lowest BCUT2D eigenvalue weighted by atomic mass is 10.1.